The summed E-state index contributed by atoms with van der Waals surface area (Å²) < 4.78 is 10.8. The normalized spacial score (nSPS) is 10.2. The molecule has 0 bridgehead atoms. The Morgan fingerprint density at radius 3 is 2.78 bits per heavy atom. The molecule has 93 valence electrons. The summed E-state index contributed by atoms with van der Waals surface area (Å²) in [6.07, 6.45) is 0. The predicted molar refractivity (Wildman–Crippen MR) is 72.4 cm³/mol. The van der Waals surface area contributed by atoms with Gasteiger partial charge in [-0.2, -0.15) is 0 Å². The number of halogens is 1. The number of methoxy groups -OCH3 is 1. The Balaban J connectivity index is 2.07. The number of para-hydroxylation sites is 1. The fourth-order valence-electron chi connectivity index (χ4n) is 1.62. The molecule has 0 aliphatic rings. The van der Waals surface area contributed by atoms with Crippen LogP contribution < -0.4 is 9.47 Å². The molecule has 0 atom stereocenters. The van der Waals surface area contributed by atoms with Gasteiger partial charge in [0, 0.05) is 6.07 Å². The molecule has 0 amide bonds. The second-order valence-electron chi connectivity index (χ2n) is 3.94. The lowest BCUT2D eigenvalue weighted by Crippen LogP contribution is -1.97. The number of aryl methyl sites for hydroxylation is 1. The first-order valence-electron chi connectivity index (χ1n) is 5.63. The predicted octanol–water partition coefficient (Wildman–Crippen LogP) is 4.04. The maximum absolute atomic E-state index is 6.05. The van der Waals surface area contributed by atoms with E-state index in [4.69, 9.17) is 21.1 Å². The molecular formula is C15H14ClO2. The van der Waals surface area contributed by atoms with Crippen molar-refractivity contribution in [2.75, 3.05) is 7.11 Å². The summed E-state index contributed by atoms with van der Waals surface area (Å²) in [6, 6.07) is 14.4. The van der Waals surface area contributed by atoms with Crippen LogP contribution in [0.1, 0.15) is 11.1 Å². The Morgan fingerprint density at radius 1 is 1.28 bits per heavy atom. The van der Waals surface area contributed by atoms with Gasteiger partial charge in [-0.05, 0) is 30.2 Å². The minimum Gasteiger partial charge on any atom is -0.495 e. The summed E-state index contributed by atoms with van der Waals surface area (Å²) >= 11 is 6.05. The molecule has 0 N–H and O–H groups in total. The molecule has 0 saturated heterocycles. The van der Waals surface area contributed by atoms with Crippen LogP contribution in [0.15, 0.2) is 36.4 Å². The molecule has 0 aliphatic carbocycles. The third-order valence-corrected chi connectivity index (χ3v) is 2.91. The van der Waals surface area contributed by atoms with Crippen LogP contribution in [0, 0.1) is 13.0 Å². The lowest BCUT2D eigenvalue weighted by molar-refractivity contribution is 0.303. The van der Waals surface area contributed by atoms with Crippen LogP contribution in [0.2, 0.25) is 5.02 Å². The summed E-state index contributed by atoms with van der Waals surface area (Å²) in [7, 11) is 1.60. The van der Waals surface area contributed by atoms with Crippen LogP contribution in [0.4, 0.5) is 0 Å². The van der Waals surface area contributed by atoms with Crippen LogP contribution in [-0.2, 0) is 6.61 Å². The zero-order valence-electron chi connectivity index (χ0n) is 10.4. The topological polar surface area (TPSA) is 18.5 Å². The quantitative estimate of drug-likeness (QED) is 0.827. The Labute approximate surface area is 112 Å². The van der Waals surface area contributed by atoms with Gasteiger partial charge in [0.25, 0.3) is 0 Å². The van der Waals surface area contributed by atoms with E-state index in [0.717, 1.165) is 16.9 Å². The number of rotatable bonds is 4. The first-order chi connectivity index (χ1) is 8.70. The van der Waals surface area contributed by atoms with Crippen molar-refractivity contribution in [3.63, 3.8) is 0 Å². The molecule has 0 aromatic heterocycles. The van der Waals surface area contributed by atoms with Crippen LogP contribution in [0.5, 0.6) is 11.5 Å². The number of hydrogen-bond acceptors (Lipinski definition) is 2. The molecular weight excluding hydrogens is 248 g/mol. The molecule has 18 heavy (non-hydrogen) atoms. The fourth-order valence-corrected chi connectivity index (χ4v) is 1.90. The van der Waals surface area contributed by atoms with Gasteiger partial charge in [-0.15, -0.1) is 0 Å². The molecule has 1 radical (unpaired) electrons. The maximum atomic E-state index is 6.05. The van der Waals surface area contributed by atoms with Gasteiger partial charge in [-0.3, -0.25) is 0 Å². The first kappa shape index (κ1) is 12.8. The van der Waals surface area contributed by atoms with Crippen LogP contribution in [0.3, 0.4) is 0 Å². The summed E-state index contributed by atoms with van der Waals surface area (Å²) in [5.41, 5.74) is 2.06. The van der Waals surface area contributed by atoms with Gasteiger partial charge in [0.2, 0.25) is 0 Å². The maximum Gasteiger partial charge on any atom is 0.137 e. The highest BCUT2D eigenvalue weighted by Gasteiger charge is 2.03. The number of benzene rings is 2. The summed E-state index contributed by atoms with van der Waals surface area (Å²) in [5, 5.41) is 0.590. The van der Waals surface area contributed by atoms with Gasteiger partial charge in [-0.1, -0.05) is 35.9 Å². The third kappa shape index (κ3) is 2.96. The Morgan fingerprint density at radius 2 is 2.11 bits per heavy atom. The molecule has 2 rings (SSSR count). The van der Waals surface area contributed by atoms with E-state index in [1.807, 2.05) is 43.3 Å². The van der Waals surface area contributed by atoms with Crippen molar-refractivity contribution in [2.45, 2.75) is 13.5 Å². The van der Waals surface area contributed by atoms with Crippen molar-refractivity contribution in [3.8, 4) is 11.5 Å². The Hall–Kier alpha value is -1.67. The third-order valence-electron chi connectivity index (χ3n) is 2.61. The molecule has 0 spiro atoms. The molecule has 2 aromatic carbocycles. The minimum absolute atomic E-state index is 0.463. The van der Waals surface area contributed by atoms with Crippen molar-refractivity contribution in [2.24, 2.45) is 0 Å². The lowest BCUT2D eigenvalue weighted by atomic mass is 10.2. The van der Waals surface area contributed by atoms with Crippen LogP contribution in [0.25, 0.3) is 0 Å². The Bertz CT molecular complexity index is 538. The van der Waals surface area contributed by atoms with Crippen molar-refractivity contribution < 1.29 is 9.47 Å². The summed E-state index contributed by atoms with van der Waals surface area (Å²) in [4.78, 5) is 0. The van der Waals surface area contributed by atoms with Gasteiger partial charge < -0.3 is 9.47 Å². The van der Waals surface area contributed by atoms with E-state index in [1.54, 1.807) is 7.11 Å². The van der Waals surface area contributed by atoms with Crippen molar-refractivity contribution in [3.05, 3.63) is 58.6 Å². The van der Waals surface area contributed by atoms with E-state index in [1.165, 1.54) is 0 Å². The van der Waals surface area contributed by atoms with Crippen molar-refractivity contribution in [1.29, 1.82) is 0 Å². The zero-order valence-corrected chi connectivity index (χ0v) is 11.1. The van der Waals surface area contributed by atoms with E-state index in [9.17, 15) is 0 Å². The summed E-state index contributed by atoms with van der Waals surface area (Å²) in [5.74, 6) is 1.44. The van der Waals surface area contributed by atoms with Crippen molar-refractivity contribution in [1.82, 2.24) is 0 Å². The van der Waals surface area contributed by atoms with E-state index >= 15 is 0 Å². The van der Waals surface area contributed by atoms with Gasteiger partial charge >= 0.3 is 0 Å². The van der Waals surface area contributed by atoms with Crippen LogP contribution >= 0.6 is 11.6 Å². The van der Waals surface area contributed by atoms with E-state index < -0.39 is 0 Å². The second-order valence-corrected chi connectivity index (χ2v) is 4.35. The van der Waals surface area contributed by atoms with Crippen molar-refractivity contribution >= 4 is 11.6 Å². The van der Waals surface area contributed by atoms with Gasteiger partial charge in [0.1, 0.15) is 18.1 Å². The highest BCUT2D eigenvalue weighted by molar-refractivity contribution is 6.32. The molecule has 2 nitrogen and oxygen atoms in total. The SMILES string of the molecule is COc1ccc(COc2[c]cccc2C)cc1Cl. The highest BCUT2D eigenvalue weighted by atomic mass is 35.5. The van der Waals surface area contributed by atoms with E-state index in [2.05, 4.69) is 6.07 Å². The first-order valence-corrected chi connectivity index (χ1v) is 6.01. The van der Waals surface area contributed by atoms with Crippen LogP contribution in [-0.4, -0.2) is 7.11 Å². The molecule has 0 fully saturated rings. The van der Waals surface area contributed by atoms with Gasteiger partial charge in [0.05, 0.1) is 12.1 Å². The standard InChI is InChI=1S/C15H14ClO2/c1-11-5-3-4-6-14(11)18-10-12-7-8-15(17-2)13(16)9-12/h3-5,7-9H,10H2,1-2H3. The number of ether oxygens (including phenoxy) is 2. The fraction of sp³-hybridized carbons (Fsp3) is 0.200. The monoisotopic (exact) mass is 261 g/mol. The molecule has 0 heterocycles. The average Bonchev–Trinajstić information content (AvgIpc) is 2.38. The number of hydrogen-bond donors (Lipinski definition) is 0. The van der Waals surface area contributed by atoms with E-state index in [0.29, 0.717) is 17.4 Å². The highest BCUT2D eigenvalue weighted by Crippen LogP contribution is 2.25. The molecule has 3 heteroatoms. The van der Waals surface area contributed by atoms with E-state index in [-0.39, 0.29) is 0 Å². The molecule has 0 aliphatic heterocycles. The molecule has 0 unspecified atom stereocenters. The van der Waals surface area contributed by atoms with Gasteiger partial charge in [-0.25, -0.2) is 0 Å². The average molecular weight is 262 g/mol. The minimum atomic E-state index is 0.463. The van der Waals surface area contributed by atoms with Gasteiger partial charge in [0.15, 0.2) is 0 Å². The molecule has 2 aromatic rings. The Kier molecular flexibility index (Phi) is 4.11. The zero-order chi connectivity index (χ0) is 13.0. The second kappa shape index (κ2) is 5.78. The largest absolute Gasteiger partial charge is 0.495 e. The smallest absolute Gasteiger partial charge is 0.137 e. The lowest BCUT2D eigenvalue weighted by Gasteiger charge is -2.09. The molecule has 0 saturated carbocycles. The summed E-state index contributed by atoms with van der Waals surface area (Å²) in [6.45, 7) is 2.46.